The predicted molar refractivity (Wildman–Crippen MR) is 79.3 cm³/mol. The number of hydrogen-bond donors (Lipinski definition) is 2. The second-order valence-electron chi connectivity index (χ2n) is 5.63. The number of amides is 2. The number of likely N-dealkylation sites (tertiary alicyclic amines) is 1. The maximum absolute atomic E-state index is 12.2. The molecule has 4 heteroatoms. The Hall–Kier alpha value is -1.71. The van der Waals surface area contributed by atoms with E-state index in [0.29, 0.717) is 0 Å². The molecule has 1 aliphatic heterocycles. The van der Waals surface area contributed by atoms with E-state index >= 15 is 0 Å². The van der Waals surface area contributed by atoms with Crippen LogP contribution in [0.5, 0.6) is 0 Å². The zero-order valence-electron chi connectivity index (χ0n) is 12.0. The van der Waals surface area contributed by atoms with Gasteiger partial charge in [-0.1, -0.05) is 6.92 Å². The van der Waals surface area contributed by atoms with Crippen molar-refractivity contribution in [3.8, 4) is 0 Å². The molecule has 1 heterocycles. The van der Waals surface area contributed by atoms with Gasteiger partial charge in [0.1, 0.15) is 0 Å². The molecular weight excluding hydrogens is 238 g/mol. The molecule has 0 radical (unpaired) electrons. The van der Waals surface area contributed by atoms with Gasteiger partial charge < -0.3 is 16.0 Å². The van der Waals surface area contributed by atoms with Crippen LogP contribution in [0.15, 0.2) is 12.1 Å². The van der Waals surface area contributed by atoms with Gasteiger partial charge in [0, 0.05) is 24.5 Å². The number of nitrogens with zero attached hydrogens (tertiary/aromatic N) is 1. The lowest BCUT2D eigenvalue weighted by Gasteiger charge is -2.30. The van der Waals surface area contributed by atoms with Crippen molar-refractivity contribution in [2.45, 2.75) is 33.6 Å². The SMILES string of the molecule is Cc1cc(N)cc(C)c1NC(=O)N1CCC(C)CC1. The Morgan fingerprint density at radius 3 is 2.32 bits per heavy atom. The molecular formula is C15H23N3O. The van der Waals surface area contributed by atoms with Crippen LogP contribution in [0.1, 0.15) is 30.9 Å². The standard InChI is InChI=1S/C15H23N3O/c1-10-4-6-18(7-5-10)15(19)17-14-11(2)8-13(16)9-12(14)3/h8-10H,4-7,16H2,1-3H3,(H,17,19). The van der Waals surface area contributed by atoms with E-state index in [2.05, 4.69) is 12.2 Å². The number of piperidine rings is 1. The van der Waals surface area contributed by atoms with Crippen molar-refractivity contribution in [3.63, 3.8) is 0 Å². The highest BCUT2D eigenvalue weighted by molar-refractivity contribution is 5.91. The average Bonchev–Trinajstić information content (AvgIpc) is 2.34. The number of nitrogens with two attached hydrogens (primary N) is 1. The van der Waals surface area contributed by atoms with Crippen molar-refractivity contribution in [1.82, 2.24) is 4.90 Å². The molecule has 0 saturated carbocycles. The molecule has 2 amide bonds. The molecule has 104 valence electrons. The average molecular weight is 261 g/mol. The minimum atomic E-state index is 0.00266. The van der Waals surface area contributed by atoms with Crippen molar-refractivity contribution in [2.75, 3.05) is 24.1 Å². The minimum absolute atomic E-state index is 0.00266. The maximum Gasteiger partial charge on any atom is 0.321 e. The molecule has 19 heavy (non-hydrogen) atoms. The van der Waals surface area contributed by atoms with Crippen LogP contribution in [0.4, 0.5) is 16.2 Å². The molecule has 1 aromatic carbocycles. The third kappa shape index (κ3) is 3.19. The van der Waals surface area contributed by atoms with Crippen molar-refractivity contribution in [3.05, 3.63) is 23.3 Å². The molecule has 2 rings (SSSR count). The van der Waals surface area contributed by atoms with Gasteiger partial charge in [-0.05, 0) is 55.9 Å². The van der Waals surface area contributed by atoms with Crippen LogP contribution < -0.4 is 11.1 Å². The molecule has 1 aromatic rings. The van der Waals surface area contributed by atoms with E-state index in [1.54, 1.807) is 0 Å². The number of carbonyl (C=O) groups excluding carboxylic acids is 1. The van der Waals surface area contributed by atoms with E-state index in [0.717, 1.165) is 54.4 Å². The van der Waals surface area contributed by atoms with Gasteiger partial charge in [0.15, 0.2) is 0 Å². The van der Waals surface area contributed by atoms with Gasteiger partial charge in [-0.2, -0.15) is 0 Å². The predicted octanol–water partition coefficient (Wildman–Crippen LogP) is 3.15. The third-order valence-electron chi connectivity index (χ3n) is 3.86. The summed E-state index contributed by atoms with van der Waals surface area (Å²) in [6.07, 6.45) is 2.18. The summed E-state index contributed by atoms with van der Waals surface area (Å²) in [5.74, 6) is 0.726. The van der Waals surface area contributed by atoms with E-state index in [9.17, 15) is 4.79 Å². The first kappa shape index (κ1) is 13.7. The zero-order valence-corrected chi connectivity index (χ0v) is 12.0. The number of hydrogen-bond acceptors (Lipinski definition) is 2. The normalized spacial score (nSPS) is 16.5. The summed E-state index contributed by atoms with van der Waals surface area (Å²) in [6.45, 7) is 7.87. The first-order valence-corrected chi connectivity index (χ1v) is 6.90. The molecule has 0 bridgehead atoms. The highest BCUT2D eigenvalue weighted by Gasteiger charge is 2.21. The Labute approximate surface area is 115 Å². The van der Waals surface area contributed by atoms with Crippen molar-refractivity contribution in [2.24, 2.45) is 5.92 Å². The number of anilines is 2. The van der Waals surface area contributed by atoms with Gasteiger partial charge in [0.25, 0.3) is 0 Å². The molecule has 1 aliphatic rings. The van der Waals surface area contributed by atoms with E-state index in [1.165, 1.54) is 0 Å². The number of carbonyl (C=O) groups is 1. The molecule has 0 atom stereocenters. The third-order valence-corrected chi connectivity index (χ3v) is 3.86. The van der Waals surface area contributed by atoms with Crippen LogP contribution in [-0.2, 0) is 0 Å². The molecule has 0 aromatic heterocycles. The molecule has 0 aliphatic carbocycles. The maximum atomic E-state index is 12.2. The topological polar surface area (TPSA) is 58.4 Å². The molecule has 4 nitrogen and oxygen atoms in total. The van der Waals surface area contributed by atoms with E-state index in [4.69, 9.17) is 5.73 Å². The van der Waals surface area contributed by atoms with Crippen LogP contribution in [0, 0.1) is 19.8 Å². The van der Waals surface area contributed by atoms with Crippen LogP contribution >= 0.6 is 0 Å². The number of nitrogens with one attached hydrogen (secondary N) is 1. The summed E-state index contributed by atoms with van der Waals surface area (Å²) in [6, 6.07) is 3.78. The summed E-state index contributed by atoms with van der Waals surface area (Å²) >= 11 is 0. The molecule has 0 unspecified atom stereocenters. The Morgan fingerprint density at radius 1 is 1.26 bits per heavy atom. The van der Waals surface area contributed by atoms with Gasteiger partial charge in [-0.3, -0.25) is 0 Å². The molecule has 3 N–H and O–H groups in total. The summed E-state index contributed by atoms with van der Waals surface area (Å²) < 4.78 is 0. The largest absolute Gasteiger partial charge is 0.399 e. The van der Waals surface area contributed by atoms with Crippen LogP contribution in [0.3, 0.4) is 0 Å². The molecule has 0 spiro atoms. The Morgan fingerprint density at radius 2 is 1.79 bits per heavy atom. The lowest BCUT2D eigenvalue weighted by atomic mass is 9.99. The van der Waals surface area contributed by atoms with E-state index < -0.39 is 0 Å². The monoisotopic (exact) mass is 261 g/mol. The fraction of sp³-hybridized carbons (Fsp3) is 0.533. The van der Waals surface area contributed by atoms with Crippen LogP contribution in [0.2, 0.25) is 0 Å². The summed E-state index contributed by atoms with van der Waals surface area (Å²) in [5.41, 5.74) is 9.44. The first-order chi connectivity index (χ1) is 8.97. The number of rotatable bonds is 1. The number of aryl methyl sites for hydroxylation is 2. The lowest BCUT2D eigenvalue weighted by molar-refractivity contribution is 0.186. The molecule has 1 fully saturated rings. The van der Waals surface area contributed by atoms with E-state index in [-0.39, 0.29) is 6.03 Å². The minimum Gasteiger partial charge on any atom is -0.399 e. The zero-order chi connectivity index (χ0) is 14.0. The van der Waals surface area contributed by atoms with Gasteiger partial charge in [0.2, 0.25) is 0 Å². The number of nitrogen functional groups attached to an aromatic ring is 1. The van der Waals surface area contributed by atoms with Gasteiger partial charge in [0.05, 0.1) is 0 Å². The Kier molecular flexibility index (Phi) is 3.98. The summed E-state index contributed by atoms with van der Waals surface area (Å²) in [5, 5.41) is 3.02. The van der Waals surface area contributed by atoms with Crippen LogP contribution in [-0.4, -0.2) is 24.0 Å². The van der Waals surface area contributed by atoms with Crippen molar-refractivity contribution < 1.29 is 4.79 Å². The smallest absolute Gasteiger partial charge is 0.321 e. The number of benzene rings is 1. The summed E-state index contributed by atoms with van der Waals surface area (Å²) in [4.78, 5) is 14.1. The van der Waals surface area contributed by atoms with Gasteiger partial charge in [-0.15, -0.1) is 0 Å². The fourth-order valence-corrected chi connectivity index (χ4v) is 2.59. The van der Waals surface area contributed by atoms with E-state index in [1.807, 2.05) is 30.9 Å². The second-order valence-corrected chi connectivity index (χ2v) is 5.63. The Bertz CT molecular complexity index is 453. The van der Waals surface area contributed by atoms with Gasteiger partial charge in [-0.25, -0.2) is 4.79 Å². The number of urea groups is 1. The quantitative estimate of drug-likeness (QED) is 0.763. The van der Waals surface area contributed by atoms with Gasteiger partial charge >= 0.3 is 6.03 Å². The van der Waals surface area contributed by atoms with Crippen molar-refractivity contribution >= 4 is 17.4 Å². The highest BCUT2D eigenvalue weighted by atomic mass is 16.2. The lowest BCUT2D eigenvalue weighted by Crippen LogP contribution is -2.40. The second kappa shape index (κ2) is 5.51. The van der Waals surface area contributed by atoms with Crippen LogP contribution in [0.25, 0.3) is 0 Å². The summed E-state index contributed by atoms with van der Waals surface area (Å²) in [7, 11) is 0. The van der Waals surface area contributed by atoms with Crippen molar-refractivity contribution in [1.29, 1.82) is 0 Å². The highest BCUT2D eigenvalue weighted by Crippen LogP contribution is 2.24. The first-order valence-electron chi connectivity index (χ1n) is 6.90. The Balaban J connectivity index is 2.07. The fourth-order valence-electron chi connectivity index (χ4n) is 2.59. The molecule has 1 saturated heterocycles.